The molecule has 6 heteroatoms. The number of carbonyl (C=O) groups excluding carboxylic acids is 1. The molecule has 0 bridgehead atoms. The molecule has 2 aromatic rings. The van der Waals surface area contributed by atoms with Crippen LogP contribution in [0.2, 0.25) is 0 Å². The molecule has 23 heavy (non-hydrogen) atoms. The van der Waals surface area contributed by atoms with Gasteiger partial charge in [-0.1, -0.05) is 6.07 Å². The lowest BCUT2D eigenvalue weighted by atomic mass is 10.1. The lowest BCUT2D eigenvalue weighted by molar-refractivity contribution is 0.0342. The van der Waals surface area contributed by atoms with Crippen molar-refractivity contribution in [1.82, 2.24) is 19.8 Å². The van der Waals surface area contributed by atoms with Crippen LogP contribution in [0.25, 0.3) is 5.69 Å². The standard InChI is InChI=1S/C17H22N4O2/c1-14(12-20-7-9-23-10-8-20)19-17(22)15-3-2-4-16(11-15)21-6-5-18-13-21/h2-6,11,13-14H,7-10,12H2,1H3,(H,19,22)/t14-/m0/s1. The maximum Gasteiger partial charge on any atom is 0.251 e. The van der Waals surface area contributed by atoms with E-state index in [0.717, 1.165) is 38.5 Å². The Morgan fingerprint density at radius 1 is 1.39 bits per heavy atom. The molecule has 0 spiro atoms. The third kappa shape index (κ3) is 4.18. The Morgan fingerprint density at radius 3 is 2.96 bits per heavy atom. The van der Waals surface area contributed by atoms with E-state index < -0.39 is 0 Å². The largest absolute Gasteiger partial charge is 0.379 e. The average Bonchev–Trinajstić information content (AvgIpc) is 3.10. The Morgan fingerprint density at radius 2 is 2.22 bits per heavy atom. The van der Waals surface area contributed by atoms with Crippen LogP contribution in [-0.2, 0) is 4.74 Å². The summed E-state index contributed by atoms with van der Waals surface area (Å²) < 4.78 is 7.23. The number of nitrogens with zero attached hydrogens (tertiary/aromatic N) is 3. The van der Waals surface area contributed by atoms with Crippen LogP contribution in [0.15, 0.2) is 43.0 Å². The highest BCUT2D eigenvalue weighted by Crippen LogP contribution is 2.10. The van der Waals surface area contributed by atoms with Gasteiger partial charge >= 0.3 is 0 Å². The quantitative estimate of drug-likeness (QED) is 0.904. The molecule has 1 aliphatic rings. The van der Waals surface area contributed by atoms with Crippen molar-refractivity contribution in [3.8, 4) is 5.69 Å². The van der Waals surface area contributed by atoms with E-state index in [0.29, 0.717) is 5.56 Å². The molecule has 122 valence electrons. The highest BCUT2D eigenvalue weighted by Gasteiger charge is 2.16. The second kappa shape index (κ2) is 7.39. The molecule has 1 atom stereocenters. The molecule has 3 rings (SSSR count). The Kier molecular flexibility index (Phi) is 5.05. The first kappa shape index (κ1) is 15.7. The van der Waals surface area contributed by atoms with Gasteiger partial charge < -0.3 is 14.6 Å². The van der Waals surface area contributed by atoms with Gasteiger partial charge in [0.1, 0.15) is 0 Å². The van der Waals surface area contributed by atoms with Crippen LogP contribution in [0, 0.1) is 0 Å². The fourth-order valence-corrected chi connectivity index (χ4v) is 2.74. The zero-order chi connectivity index (χ0) is 16.1. The van der Waals surface area contributed by atoms with Gasteiger partial charge in [-0.15, -0.1) is 0 Å². The molecule has 1 aliphatic heterocycles. The summed E-state index contributed by atoms with van der Waals surface area (Å²) in [5.41, 5.74) is 1.58. The fourth-order valence-electron chi connectivity index (χ4n) is 2.74. The number of ether oxygens (including phenoxy) is 1. The van der Waals surface area contributed by atoms with Gasteiger partial charge in [-0.05, 0) is 25.1 Å². The summed E-state index contributed by atoms with van der Waals surface area (Å²) in [5.74, 6) is -0.0484. The van der Waals surface area contributed by atoms with Gasteiger partial charge in [0.2, 0.25) is 0 Å². The van der Waals surface area contributed by atoms with Crippen molar-refractivity contribution in [3.05, 3.63) is 48.5 Å². The minimum absolute atomic E-state index is 0.0484. The molecular weight excluding hydrogens is 292 g/mol. The smallest absolute Gasteiger partial charge is 0.251 e. The predicted octanol–water partition coefficient (Wildman–Crippen LogP) is 1.32. The third-order valence-electron chi connectivity index (χ3n) is 3.92. The van der Waals surface area contributed by atoms with E-state index in [1.165, 1.54) is 0 Å². The molecule has 0 saturated carbocycles. The van der Waals surface area contributed by atoms with Gasteiger partial charge in [0, 0.05) is 49.3 Å². The van der Waals surface area contributed by atoms with E-state index in [4.69, 9.17) is 4.74 Å². The van der Waals surface area contributed by atoms with Crippen molar-refractivity contribution in [1.29, 1.82) is 0 Å². The Bertz CT molecular complexity index is 636. The van der Waals surface area contributed by atoms with E-state index in [2.05, 4.69) is 15.2 Å². The number of benzene rings is 1. The summed E-state index contributed by atoms with van der Waals surface area (Å²) in [6.45, 7) is 6.28. The number of hydrogen-bond donors (Lipinski definition) is 1. The third-order valence-corrected chi connectivity index (χ3v) is 3.92. The van der Waals surface area contributed by atoms with Crippen LogP contribution in [0.5, 0.6) is 0 Å². The normalized spacial score (nSPS) is 16.9. The number of nitrogens with one attached hydrogen (secondary N) is 1. The molecule has 1 aromatic carbocycles. The van der Waals surface area contributed by atoms with Crippen LogP contribution < -0.4 is 5.32 Å². The first-order valence-corrected chi connectivity index (χ1v) is 7.92. The zero-order valence-corrected chi connectivity index (χ0v) is 13.3. The molecule has 1 saturated heterocycles. The van der Waals surface area contributed by atoms with E-state index in [9.17, 15) is 4.79 Å². The number of amides is 1. The summed E-state index contributed by atoms with van der Waals surface area (Å²) in [5, 5.41) is 3.07. The monoisotopic (exact) mass is 314 g/mol. The highest BCUT2D eigenvalue weighted by atomic mass is 16.5. The minimum Gasteiger partial charge on any atom is -0.379 e. The van der Waals surface area contributed by atoms with Gasteiger partial charge in [0.25, 0.3) is 5.91 Å². The van der Waals surface area contributed by atoms with Crippen molar-refractivity contribution in [2.24, 2.45) is 0 Å². The van der Waals surface area contributed by atoms with Gasteiger partial charge in [0.15, 0.2) is 0 Å². The topological polar surface area (TPSA) is 59.4 Å². The first-order chi connectivity index (χ1) is 11.2. The Hall–Kier alpha value is -2.18. The lowest BCUT2D eigenvalue weighted by Gasteiger charge is -2.29. The molecule has 0 radical (unpaired) electrons. The molecule has 6 nitrogen and oxygen atoms in total. The number of hydrogen-bond acceptors (Lipinski definition) is 4. The van der Waals surface area contributed by atoms with E-state index in [1.54, 1.807) is 12.5 Å². The van der Waals surface area contributed by atoms with Gasteiger partial charge in [0.05, 0.1) is 19.5 Å². The molecule has 1 N–H and O–H groups in total. The van der Waals surface area contributed by atoms with E-state index in [1.807, 2.05) is 42.0 Å². The summed E-state index contributed by atoms with van der Waals surface area (Å²) in [6, 6.07) is 7.64. The molecule has 1 amide bonds. The van der Waals surface area contributed by atoms with Crippen LogP contribution in [0.3, 0.4) is 0 Å². The summed E-state index contributed by atoms with van der Waals surface area (Å²) in [4.78, 5) is 18.8. The number of aromatic nitrogens is 2. The molecule has 2 heterocycles. The van der Waals surface area contributed by atoms with Gasteiger partial charge in [-0.3, -0.25) is 9.69 Å². The number of carbonyl (C=O) groups is 1. The zero-order valence-electron chi connectivity index (χ0n) is 13.3. The van der Waals surface area contributed by atoms with Crippen molar-refractivity contribution in [2.75, 3.05) is 32.8 Å². The fraction of sp³-hybridized carbons (Fsp3) is 0.412. The molecule has 0 aliphatic carbocycles. The SMILES string of the molecule is C[C@@H](CN1CCOCC1)NC(=O)c1cccc(-n2ccnc2)c1. The number of imidazole rings is 1. The Labute approximate surface area is 136 Å². The number of morpholine rings is 1. The van der Waals surface area contributed by atoms with Crippen molar-refractivity contribution >= 4 is 5.91 Å². The van der Waals surface area contributed by atoms with Crippen LogP contribution in [0.4, 0.5) is 0 Å². The minimum atomic E-state index is -0.0484. The van der Waals surface area contributed by atoms with Crippen LogP contribution in [-0.4, -0.2) is 59.2 Å². The summed E-state index contributed by atoms with van der Waals surface area (Å²) in [7, 11) is 0. The van der Waals surface area contributed by atoms with Crippen molar-refractivity contribution in [3.63, 3.8) is 0 Å². The lowest BCUT2D eigenvalue weighted by Crippen LogP contribution is -2.46. The highest BCUT2D eigenvalue weighted by molar-refractivity contribution is 5.94. The van der Waals surface area contributed by atoms with Crippen LogP contribution >= 0.6 is 0 Å². The van der Waals surface area contributed by atoms with Crippen molar-refractivity contribution in [2.45, 2.75) is 13.0 Å². The molecular formula is C17H22N4O2. The van der Waals surface area contributed by atoms with Crippen molar-refractivity contribution < 1.29 is 9.53 Å². The second-order valence-electron chi connectivity index (χ2n) is 5.81. The second-order valence-corrected chi connectivity index (χ2v) is 5.81. The van der Waals surface area contributed by atoms with Gasteiger partial charge in [-0.2, -0.15) is 0 Å². The maximum absolute atomic E-state index is 12.4. The van der Waals surface area contributed by atoms with E-state index in [-0.39, 0.29) is 11.9 Å². The summed E-state index contributed by atoms with van der Waals surface area (Å²) in [6.07, 6.45) is 5.30. The molecule has 1 aromatic heterocycles. The summed E-state index contributed by atoms with van der Waals surface area (Å²) >= 11 is 0. The molecule has 1 fully saturated rings. The first-order valence-electron chi connectivity index (χ1n) is 7.92. The average molecular weight is 314 g/mol. The maximum atomic E-state index is 12.4. The molecule has 0 unspecified atom stereocenters. The predicted molar refractivity (Wildman–Crippen MR) is 87.8 cm³/mol. The van der Waals surface area contributed by atoms with Crippen LogP contribution in [0.1, 0.15) is 17.3 Å². The Balaban J connectivity index is 1.60. The number of rotatable bonds is 5. The van der Waals surface area contributed by atoms with Gasteiger partial charge in [-0.25, -0.2) is 4.98 Å². The van der Waals surface area contributed by atoms with E-state index >= 15 is 0 Å².